The standard InChI is InChI=1S/C16H28N4O/c1-16(2,3)8-11(9-17)15(21)19-13-6-5-7-14-12(13)10-18-20(14)4/h10-11,13H,5-9,17H2,1-4H3,(H,19,21). The number of amides is 1. The molecule has 2 unspecified atom stereocenters. The van der Waals surface area contributed by atoms with Gasteiger partial charge >= 0.3 is 0 Å². The fourth-order valence-electron chi connectivity index (χ4n) is 3.17. The zero-order valence-corrected chi connectivity index (χ0v) is 13.6. The van der Waals surface area contributed by atoms with E-state index in [0.717, 1.165) is 25.7 Å². The van der Waals surface area contributed by atoms with Gasteiger partial charge in [0.1, 0.15) is 0 Å². The predicted molar refractivity (Wildman–Crippen MR) is 83.6 cm³/mol. The molecule has 5 heteroatoms. The van der Waals surface area contributed by atoms with Crippen LogP contribution in [0.5, 0.6) is 0 Å². The lowest BCUT2D eigenvalue weighted by atomic mass is 9.84. The van der Waals surface area contributed by atoms with Gasteiger partial charge in [-0.05, 0) is 31.1 Å². The SMILES string of the molecule is Cn1ncc2c1CCCC2NC(=O)C(CN)CC(C)(C)C. The van der Waals surface area contributed by atoms with Crippen molar-refractivity contribution in [2.45, 2.75) is 52.5 Å². The second-order valence-electron chi connectivity index (χ2n) is 7.32. The highest BCUT2D eigenvalue weighted by Gasteiger charge is 2.29. The molecule has 21 heavy (non-hydrogen) atoms. The number of nitrogens with two attached hydrogens (primary N) is 1. The molecule has 1 aliphatic carbocycles. The summed E-state index contributed by atoms with van der Waals surface area (Å²) in [6.45, 7) is 6.82. The number of fused-ring (bicyclic) bond motifs is 1. The minimum atomic E-state index is -0.118. The van der Waals surface area contributed by atoms with Crippen LogP contribution in [0.3, 0.4) is 0 Å². The van der Waals surface area contributed by atoms with Crippen LogP contribution in [0.2, 0.25) is 0 Å². The first kappa shape index (κ1) is 16.0. The predicted octanol–water partition coefficient (Wildman–Crippen LogP) is 1.92. The molecule has 0 aliphatic heterocycles. The van der Waals surface area contributed by atoms with Crippen molar-refractivity contribution in [2.24, 2.45) is 24.1 Å². The lowest BCUT2D eigenvalue weighted by Gasteiger charge is -2.28. The maximum Gasteiger partial charge on any atom is 0.224 e. The minimum absolute atomic E-state index is 0.0779. The summed E-state index contributed by atoms with van der Waals surface area (Å²) in [5.41, 5.74) is 8.32. The van der Waals surface area contributed by atoms with Gasteiger partial charge in [-0.1, -0.05) is 20.8 Å². The van der Waals surface area contributed by atoms with Crippen LogP contribution < -0.4 is 11.1 Å². The Morgan fingerprint density at radius 1 is 1.57 bits per heavy atom. The van der Waals surface area contributed by atoms with Gasteiger partial charge in [0.05, 0.1) is 18.2 Å². The van der Waals surface area contributed by atoms with Crippen LogP contribution >= 0.6 is 0 Å². The zero-order valence-electron chi connectivity index (χ0n) is 13.6. The van der Waals surface area contributed by atoms with E-state index < -0.39 is 0 Å². The number of hydrogen-bond donors (Lipinski definition) is 2. The van der Waals surface area contributed by atoms with E-state index in [4.69, 9.17) is 5.73 Å². The van der Waals surface area contributed by atoms with E-state index in [-0.39, 0.29) is 23.3 Å². The van der Waals surface area contributed by atoms with Gasteiger partial charge in [-0.25, -0.2) is 0 Å². The highest BCUT2D eigenvalue weighted by Crippen LogP contribution is 2.30. The summed E-state index contributed by atoms with van der Waals surface area (Å²) >= 11 is 0. The van der Waals surface area contributed by atoms with Crippen molar-refractivity contribution in [2.75, 3.05) is 6.54 Å². The van der Waals surface area contributed by atoms with E-state index in [2.05, 4.69) is 31.2 Å². The minimum Gasteiger partial charge on any atom is -0.349 e. The van der Waals surface area contributed by atoms with Gasteiger partial charge in [-0.15, -0.1) is 0 Å². The number of carbonyl (C=O) groups is 1. The molecule has 1 aromatic heterocycles. The van der Waals surface area contributed by atoms with Gasteiger partial charge in [-0.2, -0.15) is 5.10 Å². The molecule has 0 radical (unpaired) electrons. The summed E-state index contributed by atoms with van der Waals surface area (Å²) in [7, 11) is 1.96. The first-order chi connectivity index (χ1) is 9.81. The Kier molecular flexibility index (Phi) is 4.71. The lowest BCUT2D eigenvalue weighted by Crippen LogP contribution is -2.40. The van der Waals surface area contributed by atoms with E-state index in [0.29, 0.717) is 6.54 Å². The largest absolute Gasteiger partial charge is 0.349 e. The van der Waals surface area contributed by atoms with Crippen molar-refractivity contribution in [3.05, 3.63) is 17.5 Å². The molecule has 0 fully saturated rings. The molecule has 1 aromatic rings. The average Bonchev–Trinajstić information content (AvgIpc) is 2.78. The highest BCUT2D eigenvalue weighted by atomic mass is 16.2. The molecule has 0 spiro atoms. The Bertz CT molecular complexity index is 501. The third-order valence-electron chi connectivity index (χ3n) is 4.21. The summed E-state index contributed by atoms with van der Waals surface area (Å²) in [5, 5.41) is 7.51. The molecule has 5 nitrogen and oxygen atoms in total. The van der Waals surface area contributed by atoms with Crippen molar-refractivity contribution in [1.29, 1.82) is 0 Å². The molecule has 118 valence electrons. The summed E-state index contributed by atoms with van der Waals surface area (Å²) < 4.78 is 1.92. The molecule has 2 rings (SSSR count). The first-order valence-corrected chi connectivity index (χ1v) is 7.83. The average molecular weight is 292 g/mol. The second-order valence-corrected chi connectivity index (χ2v) is 7.32. The van der Waals surface area contributed by atoms with Crippen LogP contribution in [-0.4, -0.2) is 22.2 Å². The Morgan fingerprint density at radius 3 is 2.90 bits per heavy atom. The number of carbonyl (C=O) groups excluding carboxylic acids is 1. The Labute approximate surface area is 127 Å². The molecule has 2 atom stereocenters. The molecule has 0 saturated carbocycles. The van der Waals surface area contributed by atoms with Gasteiger partial charge in [0.2, 0.25) is 5.91 Å². The first-order valence-electron chi connectivity index (χ1n) is 7.83. The van der Waals surface area contributed by atoms with Crippen molar-refractivity contribution in [3.63, 3.8) is 0 Å². The summed E-state index contributed by atoms with van der Waals surface area (Å²) in [5.74, 6) is -0.0406. The molecule has 3 N–H and O–H groups in total. The summed E-state index contributed by atoms with van der Waals surface area (Å²) in [6, 6.07) is 0.0870. The van der Waals surface area contributed by atoms with Gasteiger partial charge in [0.25, 0.3) is 0 Å². The Balaban J connectivity index is 2.06. The number of aryl methyl sites for hydroxylation is 1. The zero-order chi connectivity index (χ0) is 15.6. The van der Waals surface area contributed by atoms with Crippen molar-refractivity contribution in [1.82, 2.24) is 15.1 Å². The van der Waals surface area contributed by atoms with E-state index in [1.54, 1.807) is 0 Å². The number of nitrogens with zero attached hydrogens (tertiary/aromatic N) is 2. The lowest BCUT2D eigenvalue weighted by molar-refractivity contribution is -0.126. The van der Waals surface area contributed by atoms with Gasteiger partial charge in [0.15, 0.2) is 0 Å². The maximum atomic E-state index is 12.5. The molecule has 0 saturated heterocycles. The van der Waals surface area contributed by atoms with Crippen LogP contribution in [0.4, 0.5) is 0 Å². The van der Waals surface area contributed by atoms with Gasteiger partial charge in [-0.3, -0.25) is 9.48 Å². The van der Waals surface area contributed by atoms with E-state index >= 15 is 0 Å². The molecule has 1 heterocycles. The van der Waals surface area contributed by atoms with Crippen LogP contribution in [0.1, 0.15) is 57.3 Å². The monoisotopic (exact) mass is 292 g/mol. The maximum absolute atomic E-state index is 12.5. The topological polar surface area (TPSA) is 72.9 Å². The molecular formula is C16H28N4O. The number of hydrogen-bond acceptors (Lipinski definition) is 3. The number of nitrogens with one attached hydrogen (secondary N) is 1. The van der Waals surface area contributed by atoms with Crippen LogP contribution in [-0.2, 0) is 18.3 Å². The summed E-state index contributed by atoms with van der Waals surface area (Å²) in [4.78, 5) is 12.5. The van der Waals surface area contributed by atoms with Gasteiger partial charge < -0.3 is 11.1 Å². The second kappa shape index (κ2) is 6.18. The van der Waals surface area contributed by atoms with Crippen LogP contribution in [0.15, 0.2) is 6.20 Å². The van der Waals surface area contributed by atoms with Gasteiger partial charge in [0, 0.05) is 24.8 Å². The Morgan fingerprint density at radius 2 is 2.29 bits per heavy atom. The molecule has 1 aliphatic rings. The van der Waals surface area contributed by atoms with Crippen LogP contribution in [0.25, 0.3) is 0 Å². The van der Waals surface area contributed by atoms with Crippen molar-refractivity contribution >= 4 is 5.91 Å². The normalized spacial score (nSPS) is 20.0. The molecule has 0 aromatic carbocycles. The quantitative estimate of drug-likeness (QED) is 0.890. The number of rotatable bonds is 4. The van der Waals surface area contributed by atoms with Crippen molar-refractivity contribution in [3.8, 4) is 0 Å². The Hall–Kier alpha value is -1.36. The van der Waals surface area contributed by atoms with E-state index in [1.807, 2.05) is 17.9 Å². The molecule has 1 amide bonds. The molecular weight excluding hydrogens is 264 g/mol. The smallest absolute Gasteiger partial charge is 0.224 e. The fourth-order valence-corrected chi connectivity index (χ4v) is 3.17. The summed E-state index contributed by atoms with van der Waals surface area (Å²) in [6.07, 6.45) is 5.81. The molecule has 0 bridgehead atoms. The third-order valence-corrected chi connectivity index (χ3v) is 4.21. The highest BCUT2D eigenvalue weighted by molar-refractivity contribution is 5.79. The van der Waals surface area contributed by atoms with Crippen LogP contribution in [0, 0.1) is 11.3 Å². The van der Waals surface area contributed by atoms with E-state index in [1.165, 1.54) is 11.3 Å². The third kappa shape index (κ3) is 3.84. The fraction of sp³-hybridized carbons (Fsp3) is 0.750. The van der Waals surface area contributed by atoms with Crippen molar-refractivity contribution < 1.29 is 4.79 Å². The van der Waals surface area contributed by atoms with E-state index in [9.17, 15) is 4.79 Å². The number of aromatic nitrogens is 2.